The number of hydrogen-bond donors (Lipinski definition) is 0. The number of aromatic nitrogens is 5. The molecule has 1 aliphatic carbocycles. The van der Waals surface area contributed by atoms with Crippen LogP contribution >= 0.6 is 0 Å². The molecular weight excluding hydrogens is 342 g/mol. The molecule has 3 atom stereocenters. The summed E-state index contributed by atoms with van der Waals surface area (Å²) in [6.07, 6.45) is 11.2. The van der Waals surface area contributed by atoms with E-state index in [1.807, 2.05) is 51.6 Å². The molecule has 0 spiro atoms. The first-order valence-corrected chi connectivity index (χ1v) is 8.97. The minimum absolute atomic E-state index is 0.0149. The molecular formula is C20H21N5O2. The van der Waals surface area contributed by atoms with Crippen molar-refractivity contribution >= 4 is 11.0 Å². The van der Waals surface area contributed by atoms with Gasteiger partial charge in [-0.1, -0.05) is 18.7 Å². The Morgan fingerprint density at radius 1 is 1.26 bits per heavy atom. The fraction of sp³-hybridized carbons (Fsp3) is 0.350. The van der Waals surface area contributed by atoms with E-state index in [0.717, 1.165) is 27.9 Å². The topological polar surface area (TPSA) is 67.0 Å². The first kappa shape index (κ1) is 16.4. The highest BCUT2D eigenvalue weighted by Gasteiger charge is 2.50. The summed E-state index contributed by atoms with van der Waals surface area (Å²) < 4.78 is 16.2. The molecule has 27 heavy (non-hydrogen) atoms. The normalized spacial score (nSPS) is 26.3. The summed E-state index contributed by atoms with van der Waals surface area (Å²) in [7, 11) is 1.90. The zero-order valence-corrected chi connectivity index (χ0v) is 15.5. The predicted molar refractivity (Wildman–Crippen MR) is 101 cm³/mol. The van der Waals surface area contributed by atoms with Gasteiger partial charge in [0, 0.05) is 30.4 Å². The molecule has 0 amide bonds. The average Bonchev–Trinajstić information content (AvgIpc) is 3.37. The third-order valence-electron chi connectivity index (χ3n) is 5.20. The van der Waals surface area contributed by atoms with Gasteiger partial charge in [-0.3, -0.25) is 4.68 Å². The number of rotatable bonds is 3. The van der Waals surface area contributed by atoms with Crippen molar-refractivity contribution in [2.75, 3.05) is 0 Å². The van der Waals surface area contributed by atoms with Crippen molar-refractivity contribution in [2.45, 2.75) is 37.9 Å². The van der Waals surface area contributed by atoms with Crippen molar-refractivity contribution in [2.24, 2.45) is 7.05 Å². The lowest BCUT2D eigenvalue weighted by Gasteiger charge is -2.22. The van der Waals surface area contributed by atoms with Crippen LogP contribution in [0.4, 0.5) is 0 Å². The van der Waals surface area contributed by atoms with Crippen molar-refractivity contribution in [3.05, 3.63) is 55.3 Å². The molecule has 1 aliphatic heterocycles. The standard InChI is InChI=1S/C20H21N5O2/c1-5-12-8-15(18-17(12)26-20(2,3)27-18)25-7-6-14-16(21-11-22-19(14)25)13-9-23-24(4)10-13/h5-11,15,17-18H,1H2,2-4H3/t15-,17-,18+/m1/s1. The van der Waals surface area contributed by atoms with Gasteiger partial charge in [0.1, 0.15) is 24.2 Å². The Labute approximate surface area is 156 Å². The SMILES string of the molecule is C=CC1=C[C@@H](n2ccc3c(-c4cnn(C)c4)ncnc32)[C@@H]2OC(C)(C)O[C@H]12. The predicted octanol–water partition coefficient (Wildman–Crippen LogP) is 3.02. The maximum absolute atomic E-state index is 6.21. The number of hydrogen-bond acceptors (Lipinski definition) is 5. The zero-order chi connectivity index (χ0) is 18.8. The summed E-state index contributed by atoms with van der Waals surface area (Å²) in [5.41, 5.74) is 3.76. The van der Waals surface area contributed by atoms with Gasteiger partial charge in [-0.05, 0) is 25.5 Å². The largest absolute Gasteiger partial charge is 0.342 e. The van der Waals surface area contributed by atoms with E-state index in [4.69, 9.17) is 9.47 Å². The van der Waals surface area contributed by atoms with Crippen LogP contribution < -0.4 is 0 Å². The lowest BCUT2D eigenvalue weighted by Crippen LogP contribution is -2.27. The number of aryl methyl sites for hydroxylation is 1. The van der Waals surface area contributed by atoms with Gasteiger partial charge in [0.05, 0.1) is 17.9 Å². The molecule has 0 N–H and O–H groups in total. The van der Waals surface area contributed by atoms with E-state index >= 15 is 0 Å². The molecule has 1 saturated heterocycles. The Bertz CT molecular complexity index is 1080. The summed E-state index contributed by atoms with van der Waals surface area (Å²) >= 11 is 0. The van der Waals surface area contributed by atoms with Crippen LogP contribution in [-0.4, -0.2) is 42.3 Å². The first-order valence-electron chi connectivity index (χ1n) is 8.97. The van der Waals surface area contributed by atoms with Crippen molar-refractivity contribution < 1.29 is 9.47 Å². The van der Waals surface area contributed by atoms with Gasteiger partial charge < -0.3 is 14.0 Å². The average molecular weight is 363 g/mol. The van der Waals surface area contributed by atoms with Gasteiger partial charge in [-0.25, -0.2) is 9.97 Å². The van der Waals surface area contributed by atoms with Gasteiger partial charge in [0.15, 0.2) is 5.79 Å². The van der Waals surface area contributed by atoms with E-state index in [9.17, 15) is 0 Å². The zero-order valence-electron chi connectivity index (χ0n) is 15.5. The molecule has 4 heterocycles. The van der Waals surface area contributed by atoms with Gasteiger partial charge in [-0.15, -0.1) is 0 Å². The van der Waals surface area contributed by atoms with Crippen LogP contribution in [-0.2, 0) is 16.5 Å². The highest BCUT2D eigenvalue weighted by Crippen LogP contribution is 2.44. The number of fused-ring (bicyclic) bond motifs is 2. The van der Waals surface area contributed by atoms with E-state index in [2.05, 4.69) is 32.3 Å². The van der Waals surface area contributed by atoms with E-state index in [1.165, 1.54) is 0 Å². The van der Waals surface area contributed by atoms with Gasteiger partial charge >= 0.3 is 0 Å². The third kappa shape index (κ3) is 2.46. The van der Waals surface area contributed by atoms with Crippen LogP contribution in [0.1, 0.15) is 19.9 Å². The van der Waals surface area contributed by atoms with Crippen molar-refractivity contribution in [3.8, 4) is 11.3 Å². The second kappa shape index (κ2) is 5.61. The smallest absolute Gasteiger partial charge is 0.164 e. The maximum atomic E-state index is 6.21. The van der Waals surface area contributed by atoms with Crippen molar-refractivity contribution in [1.82, 2.24) is 24.3 Å². The van der Waals surface area contributed by atoms with Gasteiger partial charge in [0.25, 0.3) is 0 Å². The molecule has 2 aliphatic rings. The fourth-order valence-electron chi connectivity index (χ4n) is 4.09. The first-order chi connectivity index (χ1) is 13.0. The van der Waals surface area contributed by atoms with E-state index in [1.54, 1.807) is 11.0 Å². The second-order valence-corrected chi connectivity index (χ2v) is 7.47. The summed E-state index contributed by atoms with van der Waals surface area (Å²) in [6.45, 7) is 7.83. The molecule has 0 saturated carbocycles. The van der Waals surface area contributed by atoms with E-state index in [-0.39, 0.29) is 18.2 Å². The Morgan fingerprint density at radius 2 is 2.11 bits per heavy atom. The highest BCUT2D eigenvalue weighted by atomic mass is 16.8. The molecule has 0 aromatic carbocycles. The molecule has 0 radical (unpaired) electrons. The van der Waals surface area contributed by atoms with Crippen molar-refractivity contribution in [3.63, 3.8) is 0 Å². The van der Waals surface area contributed by atoms with Crippen LogP contribution in [0.25, 0.3) is 22.3 Å². The summed E-state index contributed by atoms with van der Waals surface area (Å²) in [5, 5.41) is 5.24. The Hall–Kier alpha value is -2.77. The molecule has 0 bridgehead atoms. The van der Waals surface area contributed by atoms with Crippen LogP contribution in [0.15, 0.2) is 55.3 Å². The second-order valence-electron chi connectivity index (χ2n) is 7.47. The van der Waals surface area contributed by atoms with Gasteiger partial charge in [-0.2, -0.15) is 5.10 Å². The van der Waals surface area contributed by atoms with E-state index < -0.39 is 5.79 Å². The molecule has 1 fully saturated rings. The maximum Gasteiger partial charge on any atom is 0.164 e. The summed E-state index contributed by atoms with van der Waals surface area (Å²) in [6, 6.07) is 2.03. The lowest BCUT2D eigenvalue weighted by molar-refractivity contribution is -0.147. The minimum atomic E-state index is -0.616. The highest BCUT2D eigenvalue weighted by molar-refractivity contribution is 5.90. The monoisotopic (exact) mass is 363 g/mol. The Kier molecular flexibility index (Phi) is 3.41. The van der Waals surface area contributed by atoms with Crippen LogP contribution in [0.2, 0.25) is 0 Å². The molecule has 3 aromatic heterocycles. The van der Waals surface area contributed by atoms with Crippen LogP contribution in [0.5, 0.6) is 0 Å². The quantitative estimate of drug-likeness (QED) is 0.716. The number of nitrogens with zero attached hydrogens (tertiary/aromatic N) is 5. The Morgan fingerprint density at radius 3 is 2.85 bits per heavy atom. The van der Waals surface area contributed by atoms with E-state index in [0.29, 0.717) is 0 Å². The molecule has 0 unspecified atom stereocenters. The molecule has 7 nitrogen and oxygen atoms in total. The summed E-state index contributed by atoms with van der Waals surface area (Å²) in [5.74, 6) is -0.616. The lowest BCUT2D eigenvalue weighted by atomic mass is 10.1. The third-order valence-corrected chi connectivity index (χ3v) is 5.20. The molecule has 5 rings (SSSR count). The van der Waals surface area contributed by atoms with Crippen LogP contribution in [0, 0.1) is 0 Å². The summed E-state index contributed by atoms with van der Waals surface area (Å²) in [4.78, 5) is 9.04. The fourth-order valence-corrected chi connectivity index (χ4v) is 4.09. The van der Waals surface area contributed by atoms with Gasteiger partial charge in [0.2, 0.25) is 0 Å². The minimum Gasteiger partial charge on any atom is -0.342 e. The Balaban J connectivity index is 1.62. The molecule has 3 aromatic rings. The number of ether oxygens (including phenoxy) is 2. The molecule has 138 valence electrons. The van der Waals surface area contributed by atoms with Crippen molar-refractivity contribution in [1.29, 1.82) is 0 Å². The van der Waals surface area contributed by atoms with Crippen LogP contribution in [0.3, 0.4) is 0 Å². The molecule has 7 heteroatoms.